The smallest absolute Gasteiger partial charge is 0.338 e. The molecule has 4 rings (SSSR count). The Morgan fingerprint density at radius 1 is 1.24 bits per heavy atom. The second-order valence-corrected chi connectivity index (χ2v) is 9.14. The van der Waals surface area contributed by atoms with E-state index in [1.165, 1.54) is 35.7 Å². The number of ether oxygens (including phenoxy) is 2. The largest absolute Gasteiger partial charge is 0.458 e. The molecule has 0 spiro atoms. The molecule has 168 valence electrons. The molecule has 0 radical (unpaired) electrons. The first-order valence-corrected chi connectivity index (χ1v) is 11.7. The van der Waals surface area contributed by atoms with E-state index in [9.17, 15) is 14.4 Å². The first-order valence-electron chi connectivity index (χ1n) is 10.0. The third-order valence-electron chi connectivity index (χ3n) is 4.83. The van der Waals surface area contributed by atoms with Crippen molar-refractivity contribution in [1.29, 1.82) is 0 Å². The lowest BCUT2D eigenvalue weighted by atomic mass is 10.0. The van der Waals surface area contributed by atoms with Gasteiger partial charge >= 0.3 is 11.9 Å². The van der Waals surface area contributed by atoms with Crippen molar-refractivity contribution >= 4 is 40.7 Å². The molecule has 0 bridgehead atoms. The minimum Gasteiger partial charge on any atom is -0.458 e. The van der Waals surface area contributed by atoms with E-state index in [1.54, 1.807) is 41.8 Å². The molecule has 1 aliphatic rings. The molecule has 0 saturated carbocycles. The molecule has 9 heteroatoms. The van der Waals surface area contributed by atoms with E-state index in [-0.39, 0.29) is 12.2 Å². The van der Waals surface area contributed by atoms with Gasteiger partial charge in [-0.25, -0.2) is 9.79 Å². The van der Waals surface area contributed by atoms with Crippen LogP contribution in [0.25, 0.3) is 6.08 Å². The molecule has 0 fully saturated rings. The number of benzene rings is 1. The number of thiazole rings is 1. The zero-order valence-corrected chi connectivity index (χ0v) is 19.6. The van der Waals surface area contributed by atoms with Crippen LogP contribution >= 0.6 is 22.7 Å². The van der Waals surface area contributed by atoms with Crippen molar-refractivity contribution in [3.63, 3.8) is 0 Å². The standard InChI is InChI=1S/C24H20N2O5S2/c1-4-11-30-23(29)20-14(2)25-24-26(21(20)18-6-5-12-32-18)22(28)19(33-24)13-16-7-9-17(10-8-16)31-15(3)27/h4-10,12-13,21H,1,11H2,2-3H3/b19-13+/t21-/m1/s1. The number of allylic oxidation sites excluding steroid dienone is 1. The Kier molecular flexibility index (Phi) is 6.52. The van der Waals surface area contributed by atoms with Crippen molar-refractivity contribution in [3.05, 3.63) is 95.8 Å². The van der Waals surface area contributed by atoms with Crippen LogP contribution in [0.2, 0.25) is 0 Å². The molecule has 0 N–H and O–H groups in total. The van der Waals surface area contributed by atoms with Gasteiger partial charge in [-0.05, 0) is 42.1 Å². The Labute approximate surface area is 197 Å². The summed E-state index contributed by atoms with van der Waals surface area (Å²) in [5.74, 6) is -0.496. The van der Waals surface area contributed by atoms with Gasteiger partial charge < -0.3 is 9.47 Å². The quantitative estimate of drug-likeness (QED) is 0.308. The van der Waals surface area contributed by atoms with Crippen molar-refractivity contribution in [3.8, 4) is 5.75 Å². The molecule has 0 amide bonds. The summed E-state index contributed by atoms with van der Waals surface area (Å²) in [4.78, 5) is 43.3. The van der Waals surface area contributed by atoms with Crippen LogP contribution in [0.4, 0.5) is 0 Å². The van der Waals surface area contributed by atoms with E-state index in [1.807, 2.05) is 17.5 Å². The van der Waals surface area contributed by atoms with Gasteiger partial charge in [0.1, 0.15) is 18.4 Å². The number of rotatable bonds is 6. The first-order chi connectivity index (χ1) is 15.9. The molecule has 1 aliphatic heterocycles. The highest BCUT2D eigenvalue weighted by Gasteiger charge is 2.33. The normalized spacial score (nSPS) is 15.6. The summed E-state index contributed by atoms with van der Waals surface area (Å²) in [5.41, 5.74) is 1.37. The molecule has 0 unspecified atom stereocenters. The summed E-state index contributed by atoms with van der Waals surface area (Å²) in [6.45, 7) is 6.73. The maximum absolute atomic E-state index is 13.5. The van der Waals surface area contributed by atoms with E-state index >= 15 is 0 Å². The van der Waals surface area contributed by atoms with Crippen molar-refractivity contribution in [2.75, 3.05) is 6.61 Å². The number of fused-ring (bicyclic) bond motifs is 1. The summed E-state index contributed by atoms with van der Waals surface area (Å²) in [5, 5.41) is 1.90. The molecule has 33 heavy (non-hydrogen) atoms. The number of aromatic nitrogens is 1. The number of esters is 2. The highest BCUT2D eigenvalue weighted by molar-refractivity contribution is 7.10. The number of hydrogen-bond acceptors (Lipinski definition) is 8. The Bertz CT molecular complexity index is 1430. The molecule has 1 aromatic carbocycles. The predicted molar refractivity (Wildman–Crippen MR) is 127 cm³/mol. The zero-order chi connectivity index (χ0) is 23.5. The van der Waals surface area contributed by atoms with E-state index < -0.39 is 18.0 Å². The highest BCUT2D eigenvalue weighted by Crippen LogP contribution is 2.33. The van der Waals surface area contributed by atoms with Crippen LogP contribution in [0.3, 0.4) is 0 Å². The number of carbonyl (C=O) groups excluding carboxylic acids is 2. The topological polar surface area (TPSA) is 87.0 Å². The highest BCUT2D eigenvalue weighted by atomic mass is 32.1. The average molecular weight is 481 g/mol. The number of thiophene rings is 1. The third kappa shape index (κ3) is 4.64. The fourth-order valence-corrected chi connectivity index (χ4v) is 5.33. The van der Waals surface area contributed by atoms with Crippen molar-refractivity contribution in [1.82, 2.24) is 4.57 Å². The molecule has 2 aromatic heterocycles. The Morgan fingerprint density at radius 2 is 2.00 bits per heavy atom. The first kappa shape index (κ1) is 22.6. The van der Waals surface area contributed by atoms with E-state index in [0.29, 0.717) is 26.4 Å². The van der Waals surface area contributed by atoms with Crippen LogP contribution in [-0.2, 0) is 14.3 Å². The predicted octanol–water partition coefficient (Wildman–Crippen LogP) is 2.95. The number of hydrogen-bond donors (Lipinski definition) is 0. The van der Waals surface area contributed by atoms with Gasteiger partial charge in [0, 0.05) is 11.8 Å². The molecular weight excluding hydrogens is 460 g/mol. The summed E-state index contributed by atoms with van der Waals surface area (Å²) >= 11 is 2.71. The van der Waals surface area contributed by atoms with Crippen LogP contribution in [0, 0.1) is 0 Å². The molecule has 1 atom stereocenters. The average Bonchev–Trinajstić information content (AvgIpc) is 3.41. The van der Waals surface area contributed by atoms with E-state index in [0.717, 1.165) is 10.4 Å². The molecule has 3 heterocycles. The fraction of sp³-hybridized carbons (Fsp3) is 0.167. The van der Waals surface area contributed by atoms with Gasteiger partial charge in [-0.3, -0.25) is 14.2 Å². The van der Waals surface area contributed by atoms with Gasteiger partial charge in [0.25, 0.3) is 5.56 Å². The molecule has 0 saturated heterocycles. The van der Waals surface area contributed by atoms with E-state index in [2.05, 4.69) is 11.6 Å². The van der Waals surface area contributed by atoms with Gasteiger partial charge in [0.15, 0.2) is 4.80 Å². The number of carbonyl (C=O) groups is 2. The van der Waals surface area contributed by atoms with Crippen LogP contribution < -0.4 is 19.6 Å². The van der Waals surface area contributed by atoms with Gasteiger partial charge in [-0.1, -0.05) is 42.2 Å². The third-order valence-corrected chi connectivity index (χ3v) is 6.73. The summed E-state index contributed by atoms with van der Waals surface area (Å²) in [6.07, 6.45) is 3.25. The lowest BCUT2D eigenvalue weighted by molar-refractivity contribution is -0.138. The lowest BCUT2D eigenvalue weighted by Gasteiger charge is -2.23. The Hall–Kier alpha value is -3.56. The maximum atomic E-state index is 13.5. The van der Waals surface area contributed by atoms with Crippen LogP contribution in [-0.4, -0.2) is 23.1 Å². The molecule has 7 nitrogen and oxygen atoms in total. The zero-order valence-electron chi connectivity index (χ0n) is 17.9. The van der Waals surface area contributed by atoms with Crippen LogP contribution in [0.1, 0.15) is 30.3 Å². The summed E-state index contributed by atoms with van der Waals surface area (Å²) < 4.78 is 12.4. The maximum Gasteiger partial charge on any atom is 0.338 e. The van der Waals surface area contributed by atoms with Gasteiger partial charge in [-0.15, -0.1) is 11.3 Å². The minimum absolute atomic E-state index is 0.0700. The molecular formula is C24H20N2O5S2. The molecule has 3 aromatic rings. The minimum atomic E-state index is -0.618. The second kappa shape index (κ2) is 9.51. The summed E-state index contributed by atoms with van der Waals surface area (Å²) in [7, 11) is 0. The van der Waals surface area contributed by atoms with Crippen molar-refractivity contribution < 1.29 is 19.1 Å². The van der Waals surface area contributed by atoms with E-state index in [4.69, 9.17) is 9.47 Å². The lowest BCUT2D eigenvalue weighted by Crippen LogP contribution is -2.39. The van der Waals surface area contributed by atoms with Gasteiger partial charge in [-0.2, -0.15) is 0 Å². The van der Waals surface area contributed by atoms with Crippen LogP contribution in [0.5, 0.6) is 5.75 Å². The number of nitrogens with zero attached hydrogens (tertiary/aromatic N) is 2. The SMILES string of the molecule is C=CCOC(=O)C1=C(C)N=c2s/c(=C/c3ccc(OC(C)=O)cc3)c(=O)n2[C@@H]1c1cccs1. The Morgan fingerprint density at radius 3 is 2.64 bits per heavy atom. The van der Waals surface area contributed by atoms with Crippen molar-refractivity contribution in [2.24, 2.45) is 4.99 Å². The van der Waals surface area contributed by atoms with Crippen LogP contribution in [0.15, 0.2) is 75.5 Å². The molecule has 0 aliphatic carbocycles. The van der Waals surface area contributed by atoms with Crippen molar-refractivity contribution in [2.45, 2.75) is 19.9 Å². The fourth-order valence-electron chi connectivity index (χ4n) is 3.46. The Balaban J connectivity index is 1.82. The monoisotopic (exact) mass is 480 g/mol. The summed E-state index contributed by atoms with van der Waals surface area (Å²) in [6, 6.07) is 10.00. The van der Waals surface area contributed by atoms with Gasteiger partial charge in [0.2, 0.25) is 0 Å². The van der Waals surface area contributed by atoms with Gasteiger partial charge in [0.05, 0.1) is 15.8 Å². The second-order valence-electron chi connectivity index (χ2n) is 7.15.